The quantitative estimate of drug-likeness (QED) is 0.852. The molecule has 0 bridgehead atoms. The zero-order valence-electron chi connectivity index (χ0n) is 16.5. The Morgan fingerprint density at radius 1 is 1.39 bits per heavy atom. The molecule has 1 spiro atoms. The van der Waals surface area contributed by atoms with Gasteiger partial charge in [0.2, 0.25) is 11.8 Å². The van der Waals surface area contributed by atoms with Gasteiger partial charge in [-0.15, -0.1) is 0 Å². The summed E-state index contributed by atoms with van der Waals surface area (Å²) < 4.78 is 5.19. The third-order valence-corrected chi connectivity index (χ3v) is 6.26. The first-order chi connectivity index (χ1) is 13.4. The van der Waals surface area contributed by atoms with Crippen LogP contribution in [0, 0.1) is 6.92 Å². The van der Waals surface area contributed by atoms with Gasteiger partial charge in [-0.3, -0.25) is 4.79 Å². The van der Waals surface area contributed by atoms with Crippen molar-refractivity contribution in [3.63, 3.8) is 0 Å². The molecule has 1 N–H and O–H groups in total. The van der Waals surface area contributed by atoms with Crippen molar-refractivity contribution < 1.29 is 9.53 Å². The van der Waals surface area contributed by atoms with Crippen molar-refractivity contribution in [2.75, 3.05) is 25.5 Å². The van der Waals surface area contributed by atoms with Crippen molar-refractivity contribution in [3.8, 4) is 5.88 Å². The lowest BCUT2D eigenvalue weighted by molar-refractivity contribution is -0.131. The van der Waals surface area contributed by atoms with Crippen LogP contribution in [0.2, 0.25) is 5.02 Å². The molecular weight excluding hydrogens is 376 g/mol. The van der Waals surface area contributed by atoms with E-state index < -0.39 is 0 Å². The second-order valence-corrected chi connectivity index (χ2v) is 8.25. The van der Waals surface area contributed by atoms with Crippen molar-refractivity contribution in [1.29, 1.82) is 0 Å². The lowest BCUT2D eigenvalue weighted by atomic mass is 9.86. The number of likely N-dealkylation sites (tertiary alicyclic amines) is 1. The second-order valence-electron chi connectivity index (χ2n) is 7.85. The minimum absolute atomic E-state index is 0.0804. The summed E-state index contributed by atoms with van der Waals surface area (Å²) in [7, 11) is 1.55. The molecule has 148 valence electrons. The maximum absolute atomic E-state index is 13.2. The van der Waals surface area contributed by atoms with Crippen molar-refractivity contribution in [3.05, 3.63) is 46.2 Å². The van der Waals surface area contributed by atoms with E-state index in [0.717, 1.165) is 42.9 Å². The van der Waals surface area contributed by atoms with Gasteiger partial charge in [-0.05, 0) is 50.3 Å². The fourth-order valence-corrected chi connectivity index (χ4v) is 4.50. The highest BCUT2D eigenvalue weighted by atomic mass is 35.5. The average molecular weight is 401 g/mol. The number of nitrogens with one attached hydrogen (secondary N) is 1. The number of nitrogens with zero attached hydrogens (tertiary/aromatic N) is 3. The van der Waals surface area contributed by atoms with Gasteiger partial charge in [-0.25, -0.2) is 9.97 Å². The molecule has 0 radical (unpaired) electrons. The number of hydrogen-bond acceptors (Lipinski definition) is 5. The molecular formula is C21H25ClN4O2. The fourth-order valence-electron chi connectivity index (χ4n) is 4.23. The number of pyridine rings is 2. The molecule has 28 heavy (non-hydrogen) atoms. The summed E-state index contributed by atoms with van der Waals surface area (Å²) in [5.74, 6) is 1.16. The van der Waals surface area contributed by atoms with Gasteiger partial charge in [0.1, 0.15) is 5.82 Å². The van der Waals surface area contributed by atoms with E-state index in [1.54, 1.807) is 19.4 Å². The maximum Gasteiger partial charge on any atom is 0.229 e. The lowest BCUT2D eigenvalue weighted by Gasteiger charge is -2.36. The van der Waals surface area contributed by atoms with Gasteiger partial charge in [0.15, 0.2) is 0 Å². The number of halogens is 1. The summed E-state index contributed by atoms with van der Waals surface area (Å²) >= 11 is 6.30. The molecule has 1 saturated heterocycles. The highest BCUT2D eigenvalue weighted by molar-refractivity contribution is 6.31. The average Bonchev–Trinajstić information content (AvgIpc) is 3.10. The zero-order chi connectivity index (χ0) is 19.9. The molecule has 6 nitrogen and oxygen atoms in total. The number of amides is 1. The monoisotopic (exact) mass is 400 g/mol. The van der Waals surface area contributed by atoms with Gasteiger partial charge in [0.25, 0.3) is 0 Å². The van der Waals surface area contributed by atoms with Crippen LogP contribution in [0.3, 0.4) is 0 Å². The summed E-state index contributed by atoms with van der Waals surface area (Å²) in [5, 5.41) is 4.13. The normalized spacial score (nSPS) is 21.9. The fraction of sp³-hybridized carbons (Fsp3) is 0.476. The Kier molecular flexibility index (Phi) is 4.91. The van der Waals surface area contributed by atoms with Gasteiger partial charge in [0.05, 0.1) is 23.6 Å². The molecule has 0 unspecified atom stereocenters. The molecule has 0 aromatic carbocycles. The van der Waals surface area contributed by atoms with Crippen molar-refractivity contribution >= 4 is 23.3 Å². The first-order valence-electron chi connectivity index (χ1n) is 9.64. The standard InChI is InChI=1S/C21H25ClN4O2/c1-13-4-5-15-6-7-21(25-19(15)24-13)8-9-26(12-21)20(27)14(2)16-10-18(28-3)23-11-17(16)22/h4-5,10-11,14H,6-9,12H2,1-3H3,(H,24,25)/t14-,21-/m1/s1. The molecule has 0 aliphatic carbocycles. The molecule has 4 rings (SSSR count). The van der Waals surface area contributed by atoms with E-state index in [1.807, 2.05) is 18.7 Å². The third kappa shape index (κ3) is 3.41. The Labute approximate surface area is 170 Å². The van der Waals surface area contributed by atoms with Crippen LogP contribution in [0.15, 0.2) is 24.4 Å². The van der Waals surface area contributed by atoms with E-state index in [2.05, 4.69) is 27.4 Å². The number of aryl methyl sites for hydroxylation is 2. The molecule has 4 heterocycles. The summed E-state index contributed by atoms with van der Waals surface area (Å²) in [6, 6.07) is 5.95. The number of aromatic nitrogens is 2. The van der Waals surface area contributed by atoms with E-state index in [1.165, 1.54) is 5.56 Å². The first kappa shape index (κ1) is 19.0. The van der Waals surface area contributed by atoms with Crippen LogP contribution in [-0.2, 0) is 11.2 Å². The summed E-state index contributed by atoms with van der Waals surface area (Å²) in [6.45, 7) is 5.31. The van der Waals surface area contributed by atoms with Gasteiger partial charge < -0.3 is 15.0 Å². The number of ether oxygens (including phenoxy) is 1. The van der Waals surface area contributed by atoms with Crippen LogP contribution in [0.5, 0.6) is 5.88 Å². The number of carbonyl (C=O) groups excluding carboxylic acids is 1. The number of fused-ring (bicyclic) bond motifs is 1. The van der Waals surface area contributed by atoms with E-state index in [-0.39, 0.29) is 17.4 Å². The Bertz CT molecular complexity index is 919. The molecule has 2 aliphatic heterocycles. The Balaban J connectivity index is 1.50. The molecule has 2 aliphatic rings. The van der Waals surface area contributed by atoms with Crippen LogP contribution >= 0.6 is 11.6 Å². The molecule has 1 fully saturated rings. The van der Waals surface area contributed by atoms with Crippen LogP contribution < -0.4 is 10.1 Å². The van der Waals surface area contributed by atoms with E-state index in [0.29, 0.717) is 17.4 Å². The van der Waals surface area contributed by atoms with Gasteiger partial charge in [-0.1, -0.05) is 17.7 Å². The molecule has 7 heteroatoms. The smallest absolute Gasteiger partial charge is 0.229 e. The third-order valence-electron chi connectivity index (χ3n) is 5.95. The van der Waals surface area contributed by atoms with Crippen LogP contribution in [0.4, 0.5) is 5.82 Å². The molecule has 2 aromatic heterocycles. The number of hydrogen-bond donors (Lipinski definition) is 1. The van der Waals surface area contributed by atoms with E-state index >= 15 is 0 Å². The van der Waals surface area contributed by atoms with Crippen LogP contribution in [0.1, 0.15) is 42.5 Å². The Morgan fingerprint density at radius 2 is 2.21 bits per heavy atom. The van der Waals surface area contributed by atoms with Gasteiger partial charge >= 0.3 is 0 Å². The predicted octanol–water partition coefficient (Wildman–Crippen LogP) is 3.58. The second kappa shape index (κ2) is 7.24. The molecule has 2 atom stereocenters. The first-order valence-corrected chi connectivity index (χ1v) is 10.0. The molecule has 2 aromatic rings. The summed E-state index contributed by atoms with van der Waals surface area (Å²) in [4.78, 5) is 23.9. The van der Waals surface area contributed by atoms with Gasteiger partial charge in [-0.2, -0.15) is 0 Å². The van der Waals surface area contributed by atoms with Crippen molar-refractivity contribution in [1.82, 2.24) is 14.9 Å². The minimum Gasteiger partial charge on any atom is -0.481 e. The number of carbonyl (C=O) groups is 1. The Morgan fingerprint density at radius 3 is 3.00 bits per heavy atom. The molecule has 0 saturated carbocycles. The lowest BCUT2D eigenvalue weighted by Crippen LogP contribution is -2.46. The van der Waals surface area contributed by atoms with Crippen LogP contribution in [0.25, 0.3) is 0 Å². The highest BCUT2D eigenvalue weighted by Gasteiger charge is 2.43. The molecule has 1 amide bonds. The number of methoxy groups -OCH3 is 1. The summed E-state index contributed by atoms with van der Waals surface area (Å²) in [5.41, 5.74) is 2.91. The van der Waals surface area contributed by atoms with Crippen LogP contribution in [-0.4, -0.2) is 46.5 Å². The van der Waals surface area contributed by atoms with Crippen molar-refractivity contribution in [2.45, 2.75) is 44.6 Å². The minimum atomic E-state index is -0.351. The SMILES string of the molecule is COc1cc([C@@H](C)C(=O)N2CC[C@]3(CCc4ccc(C)nc4N3)C2)c(Cl)cn1. The van der Waals surface area contributed by atoms with Crippen molar-refractivity contribution in [2.24, 2.45) is 0 Å². The van der Waals surface area contributed by atoms with E-state index in [4.69, 9.17) is 16.3 Å². The highest BCUT2D eigenvalue weighted by Crippen LogP contribution is 2.37. The zero-order valence-corrected chi connectivity index (χ0v) is 17.2. The van der Waals surface area contributed by atoms with E-state index in [9.17, 15) is 4.79 Å². The summed E-state index contributed by atoms with van der Waals surface area (Å²) in [6.07, 6.45) is 4.46. The maximum atomic E-state index is 13.2. The topological polar surface area (TPSA) is 67.3 Å². The number of rotatable bonds is 3. The Hall–Kier alpha value is -2.34. The largest absolute Gasteiger partial charge is 0.481 e. The van der Waals surface area contributed by atoms with Gasteiger partial charge in [0, 0.05) is 31.0 Å². The predicted molar refractivity (Wildman–Crippen MR) is 109 cm³/mol. The number of anilines is 1.